The summed E-state index contributed by atoms with van der Waals surface area (Å²) in [6.45, 7) is 8.77. The Labute approximate surface area is 183 Å². The van der Waals surface area contributed by atoms with Gasteiger partial charge in [0.1, 0.15) is 17.6 Å². The molecule has 1 aliphatic carbocycles. The van der Waals surface area contributed by atoms with Crippen LogP contribution in [-0.4, -0.2) is 10.6 Å². The molecule has 156 valence electrons. The maximum Gasteiger partial charge on any atom is 0.135 e. The second-order valence-electron chi connectivity index (χ2n) is 9.50. The van der Waals surface area contributed by atoms with Gasteiger partial charge in [-0.3, -0.25) is 0 Å². The Hall–Kier alpha value is -2.39. The third-order valence-corrected chi connectivity index (χ3v) is 6.94. The fraction of sp³-hybridized carbons (Fsp3) is 0.385. The van der Waals surface area contributed by atoms with Gasteiger partial charge in [0.25, 0.3) is 0 Å². The minimum Gasteiger partial charge on any atom is -0.506 e. The van der Waals surface area contributed by atoms with Crippen LogP contribution in [-0.2, 0) is 0 Å². The molecule has 2 heterocycles. The van der Waals surface area contributed by atoms with Gasteiger partial charge in [-0.25, -0.2) is 0 Å². The highest BCUT2D eigenvalue weighted by atomic mass is 35.5. The number of hydrogen-bond acceptors (Lipinski definition) is 3. The van der Waals surface area contributed by atoms with Crippen molar-refractivity contribution in [3.05, 3.63) is 58.1 Å². The van der Waals surface area contributed by atoms with E-state index in [4.69, 9.17) is 16.3 Å². The highest BCUT2D eigenvalue weighted by molar-refractivity contribution is 6.35. The fourth-order valence-electron chi connectivity index (χ4n) is 5.44. The summed E-state index contributed by atoms with van der Waals surface area (Å²) in [4.78, 5) is 0. The van der Waals surface area contributed by atoms with Gasteiger partial charge in [-0.15, -0.1) is 0 Å². The van der Waals surface area contributed by atoms with Crippen LogP contribution in [0.25, 0.3) is 16.7 Å². The van der Waals surface area contributed by atoms with Crippen molar-refractivity contribution in [3.8, 4) is 22.6 Å². The van der Waals surface area contributed by atoms with Crippen LogP contribution in [0.2, 0.25) is 5.02 Å². The van der Waals surface area contributed by atoms with Crippen LogP contribution in [0, 0.1) is 5.92 Å². The van der Waals surface area contributed by atoms with Gasteiger partial charge >= 0.3 is 0 Å². The Morgan fingerprint density at radius 2 is 1.93 bits per heavy atom. The number of fused-ring (bicyclic) bond motifs is 5. The molecule has 3 aliphatic rings. The van der Waals surface area contributed by atoms with Crippen LogP contribution < -0.4 is 10.1 Å². The number of aromatic hydroxyl groups is 1. The van der Waals surface area contributed by atoms with Crippen LogP contribution in [0.4, 0.5) is 5.69 Å². The lowest BCUT2D eigenvalue weighted by Gasteiger charge is -2.39. The molecule has 3 nitrogen and oxygen atoms in total. The second kappa shape index (κ2) is 6.81. The molecule has 2 aromatic carbocycles. The first-order chi connectivity index (χ1) is 14.2. The van der Waals surface area contributed by atoms with Gasteiger partial charge in [-0.05, 0) is 76.3 Å². The Morgan fingerprint density at radius 1 is 1.13 bits per heavy atom. The molecule has 0 aromatic heterocycles. The number of ether oxygens (including phenoxy) is 1. The van der Waals surface area contributed by atoms with Crippen molar-refractivity contribution in [2.24, 2.45) is 5.92 Å². The van der Waals surface area contributed by atoms with Crippen LogP contribution in [0.5, 0.6) is 11.5 Å². The minimum atomic E-state index is -0.106. The first-order valence-corrected chi connectivity index (χ1v) is 11.1. The van der Waals surface area contributed by atoms with Crippen LogP contribution >= 0.6 is 11.6 Å². The Bertz CT molecular complexity index is 1110. The molecule has 5 rings (SSSR count). The molecule has 0 unspecified atom stereocenters. The summed E-state index contributed by atoms with van der Waals surface area (Å²) in [6.07, 6.45) is 8.05. The number of nitrogens with one attached hydrogen (secondary N) is 1. The summed E-state index contributed by atoms with van der Waals surface area (Å²) in [6, 6.07) is 7.74. The van der Waals surface area contributed by atoms with Crippen LogP contribution in [0.15, 0.2) is 42.0 Å². The molecular weight excluding hydrogens is 394 g/mol. The third kappa shape index (κ3) is 3.02. The van der Waals surface area contributed by atoms with E-state index >= 15 is 0 Å². The number of allylic oxidation sites excluding steroid dienone is 2. The van der Waals surface area contributed by atoms with E-state index in [1.54, 1.807) is 6.07 Å². The number of benzene rings is 2. The van der Waals surface area contributed by atoms with Gasteiger partial charge in [-0.2, -0.15) is 0 Å². The SMILES string of the molecule is CC1=C[C@H]([C@H]2Oc3ccc(O)c(Cl)c3-c3ccc4c(c32)C(C)=CC(C)(C)N4)CCC1. The van der Waals surface area contributed by atoms with E-state index < -0.39 is 0 Å². The smallest absolute Gasteiger partial charge is 0.135 e. The van der Waals surface area contributed by atoms with E-state index in [9.17, 15) is 5.11 Å². The summed E-state index contributed by atoms with van der Waals surface area (Å²) in [5.74, 6) is 1.14. The molecule has 2 atom stereocenters. The van der Waals surface area contributed by atoms with Crippen molar-refractivity contribution in [2.75, 3.05) is 5.32 Å². The van der Waals surface area contributed by atoms with E-state index in [1.165, 1.54) is 28.7 Å². The first-order valence-electron chi connectivity index (χ1n) is 10.8. The summed E-state index contributed by atoms with van der Waals surface area (Å²) in [5, 5.41) is 14.3. The number of halogens is 1. The summed E-state index contributed by atoms with van der Waals surface area (Å²) in [5.41, 5.74) is 7.94. The number of phenolic OH excluding ortho intramolecular Hbond substituents is 1. The summed E-state index contributed by atoms with van der Waals surface area (Å²) >= 11 is 6.59. The molecule has 4 heteroatoms. The highest BCUT2D eigenvalue weighted by Gasteiger charge is 2.38. The van der Waals surface area contributed by atoms with E-state index in [0.29, 0.717) is 10.9 Å². The molecule has 0 spiro atoms. The van der Waals surface area contributed by atoms with E-state index in [-0.39, 0.29) is 17.4 Å². The topological polar surface area (TPSA) is 41.5 Å². The van der Waals surface area contributed by atoms with Crippen molar-refractivity contribution in [3.63, 3.8) is 0 Å². The predicted molar refractivity (Wildman–Crippen MR) is 124 cm³/mol. The highest BCUT2D eigenvalue weighted by Crippen LogP contribution is 2.55. The average molecular weight is 422 g/mol. The largest absolute Gasteiger partial charge is 0.506 e. The molecule has 2 aromatic rings. The van der Waals surface area contributed by atoms with Crippen LogP contribution in [0.1, 0.15) is 64.2 Å². The van der Waals surface area contributed by atoms with E-state index in [1.807, 2.05) is 6.07 Å². The molecule has 2 aliphatic heterocycles. The lowest BCUT2D eigenvalue weighted by molar-refractivity contribution is 0.145. The number of phenols is 1. The van der Waals surface area contributed by atoms with Gasteiger partial charge in [0.05, 0.1) is 10.6 Å². The van der Waals surface area contributed by atoms with Crippen LogP contribution in [0.3, 0.4) is 0 Å². The van der Waals surface area contributed by atoms with Crippen molar-refractivity contribution >= 4 is 22.9 Å². The van der Waals surface area contributed by atoms with Crippen molar-refractivity contribution in [1.82, 2.24) is 0 Å². The third-order valence-electron chi connectivity index (χ3n) is 6.56. The monoisotopic (exact) mass is 421 g/mol. The molecule has 2 N–H and O–H groups in total. The Kier molecular flexibility index (Phi) is 4.44. The molecule has 0 fully saturated rings. The number of rotatable bonds is 1. The quantitative estimate of drug-likeness (QED) is 0.468. The second-order valence-corrected chi connectivity index (χ2v) is 9.88. The van der Waals surface area contributed by atoms with Crippen molar-refractivity contribution < 1.29 is 9.84 Å². The van der Waals surface area contributed by atoms with Gasteiger partial charge in [-0.1, -0.05) is 35.4 Å². The average Bonchev–Trinajstić information content (AvgIpc) is 2.68. The number of hydrogen-bond donors (Lipinski definition) is 2. The Balaban J connectivity index is 1.79. The molecule has 0 radical (unpaired) electrons. The lowest BCUT2D eigenvalue weighted by Crippen LogP contribution is -2.33. The Morgan fingerprint density at radius 3 is 2.70 bits per heavy atom. The lowest BCUT2D eigenvalue weighted by atomic mass is 9.76. The van der Waals surface area contributed by atoms with Gasteiger partial charge in [0.15, 0.2) is 0 Å². The molecule has 0 amide bonds. The maximum atomic E-state index is 10.3. The molecule has 0 bridgehead atoms. The van der Waals surface area contributed by atoms with E-state index in [0.717, 1.165) is 35.4 Å². The van der Waals surface area contributed by atoms with E-state index in [2.05, 4.69) is 57.3 Å². The van der Waals surface area contributed by atoms with Crippen molar-refractivity contribution in [2.45, 2.75) is 58.6 Å². The normalized spacial score (nSPS) is 23.8. The van der Waals surface area contributed by atoms with Gasteiger partial charge in [0.2, 0.25) is 0 Å². The summed E-state index contributed by atoms with van der Waals surface area (Å²) in [7, 11) is 0. The molecule has 0 saturated carbocycles. The summed E-state index contributed by atoms with van der Waals surface area (Å²) < 4.78 is 6.65. The fourth-order valence-corrected chi connectivity index (χ4v) is 5.70. The zero-order valence-corrected chi connectivity index (χ0v) is 18.7. The zero-order valence-electron chi connectivity index (χ0n) is 18.0. The molecule has 30 heavy (non-hydrogen) atoms. The zero-order chi connectivity index (χ0) is 21.2. The number of anilines is 1. The molecular formula is C26H28ClNO2. The van der Waals surface area contributed by atoms with Gasteiger partial charge in [0, 0.05) is 28.3 Å². The minimum absolute atomic E-state index is 0.0790. The first kappa shape index (κ1) is 19.6. The predicted octanol–water partition coefficient (Wildman–Crippen LogP) is 7.50. The molecule has 0 saturated heterocycles. The van der Waals surface area contributed by atoms with Crippen molar-refractivity contribution in [1.29, 1.82) is 0 Å². The van der Waals surface area contributed by atoms with Gasteiger partial charge < -0.3 is 15.2 Å². The maximum absolute atomic E-state index is 10.3. The standard InChI is InChI=1S/C26H28ClNO2/c1-14-6-5-7-16(12-14)25-23-17(22-20(30-25)11-10-19(29)24(22)27)8-9-18-21(23)15(2)13-26(3,4)28-18/h8-13,16,25,28-29H,5-7H2,1-4H3/t16-,25-/m1/s1.